The number of Topliss-reactive ketones (excluding diaryl/α,β-unsaturated/α-hetero) is 1. The van der Waals surface area contributed by atoms with Crippen LogP contribution in [-0.4, -0.2) is 24.6 Å². The number of anilines is 1. The van der Waals surface area contributed by atoms with Crippen molar-refractivity contribution >= 4 is 29.2 Å². The Hall–Kier alpha value is -2.53. The minimum atomic E-state index is -0.638. The lowest BCUT2D eigenvalue weighted by molar-refractivity contribution is 0.0635. The topological polar surface area (TPSA) is 64.6 Å². The average molecular weight is 376 g/mol. The van der Waals surface area contributed by atoms with Crippen LogP contribution < -0.4 is 10.1 Å². The van der Waals surface area contributed by atoms with Gasteiger partial charge in [0.2, 0.25) is 0 Å². The number of benzene rings is 2. The van der Waals surface area contributed by atoms with Gasteiger partial charge in [-0.3, -0.25) is 10.1 Å². The van der Waals surface area contributed by atoms with Gasteiger partial charge < -0.3 is 9.47 Å². The molecule has 2 rings (SSSR count). The number of rotatable bonds is 5. The molecule has 1 amide bonds. The lowest BCUT2D eigenvalue weighted by atomic mass is 10.0. The molecule has 0 aliphatic heterocycles. The van der Waals surface area contributed by atoms with E-state index in [0.29, 0.717) is 27.6 Å². The van der Waals surface area contributed by atoms with Gasteiger partial charge in [0, 0.05) is 18.1 Å². The maximum atomic E-state index is 12.5. The number of ketones is 1. The normalized spacial score (nSPS) is 11.0. The van der Waals surface area contributed by atoms with E-state index in [-0.39, 0.29) is 12.2 Å². The van der Waals surface area contributed by atoms with Crippen molar-refractivity contribution in [2.24, 2.45) is 0 Å². The van der Waals surface area contributed by atoms with Crippen molar-refractivity contribution in [1.82, 2.24) is 0 Å². The molecule has 26 heavy (non-hydrogen) atoms. The standard InChI is InChI=1S/C20H22ClNO4/c1-20(2,3)26-19(24)22-16-12-18(25-4)15(21)10-14(16)11-17(23)13-8-6-5-7-9-13/h5-10,12H,11H2,1-4H3,(H,22,24). The molecule has 2 aromatic carbocycles. The summed E-state index contributed by atoms with van der Waals surface area (Å²) in [6.45, 7) is 5.32. The van der Waals surface area contributed by atoms with Gasteiger partial charge in [-0.05, 0) is 32.4 Å². The molecule has 0 saturated heterocycles. The molecule has 0 radical (unpaired) electrons. The Balaban J connectivity index is 2.30. The van der Waals surface area contributed by atoms with Gasteiger partial charge in [0.05, 0.1) is 17.8 Å². The van der Waals surface area contributed by atoms with E-state index in [0.717, 1.165) is 0 Å². The number of amides is 1. The van der Waals surface area contributed by atoms with Crippen LogP contribution in [0.1, 0.15) is 36.7 Å². The number of nitrogens with one attached hydrogen (secondary N) is 1. The van der Waals surface area contributed by atoms with E-state index in [1.807, 2.05) is 6.07 Å². The Kier molecular flexibility index (Phi) is 6.27. The fourth-order valence-electron chi connectivity index (χ4n) is 2.33. The Morgan fingerprint density at radius 3 is 2.35 bits per heavy atom. The summed E-state index contributed by atoms with van der Waals surface area (Å²) in [6, 6.07) is 12.1. The number of halogens is 1. The van der Waals surface area contributed by atoms with Crippen molar-refractivity contribution in [3.63, 3.8) is 0 Å². The first-order chi connectivity index (χ1) is 12.2. The predicted octanol–water partition coefficient (Wildman–Crippen LogP) is 5.12. The van der Waals surface area contributed by atoms with Crippen LogP contribution in [0, 0.1) is 0 Å². The van der Waals surface area contributed by atoms with Crippen LogP contribution in [-0.2, 0) is 11.2 Å². The van der Waals surface area contributed by atoms with Gasteiger partial charge >= 0.3 is 6.09 Å². The Bertz CT molecular complexity index is 797. The first-order valence-electron chi connectivity index (χ1n) is 8.14. The highest BCUT2D eigenvalue weighted by Crippen LogP contribution is 2.32. The molecule has 0 aliphatic carbocycles. The summed E-state index contributed by atoms with van der Waals surface area (Å²) in [4.78, 5) is 24.7. The third-order valence-electron chi connectivity index (χ3n) is 3.46. The smallest absolute Gasteiger partial charge is 0.412 e. The highest BCUT2D eigenvalue weighted by molar-refractivity contribution is 6.32. The summed E-state index contributed by atoms with van der Waals surface area (Å²) in [7, 11) is 1.48. The van der Waals surface area contributed by atoms with E-state index in [1.54, 1.807) is 57.2 Å². The van der Waals surface area contributed by atoms with Gasteiger partial charge in [-0.15, -0.1) is 0 Å². The third kappa shape index (κ3) is 5.49. The summed E-state index contributed by atoms with van der Waals surface area (Å²) in [5.74, 6) is 0.313. The molecule has 0 bridgehead atoms. The van der Waals surface area contributed by atoms with Gasteiger partial charge in [-0.1, -0.05) is 41.9 Å². The zero-order valence-corrected chi connectivity index (χ0v) is 16.0. The van der Waals surface area contributed by atoms with E-state index in [9.17, 15) is 9.59 Å². The molecule has 138 valence electrons. The van der Waals surface area contributed by atoms with Crippen LogP contribution in [0.15, 0.2) is 42.5 Å². The number of ether oxygens (including phenoxy) is 2. The van der Waals surface area contributed by atoms with Crippen molar-refractivity contribution in [1.29, 1.82) is 0 Å². The molecular weight excluding hydrogens is 354 g/mol. The molecule has 0 spiro atoms. The molecule has 1 N–H and O–H groups in total. The minimum absolute atomic E-state index is 0.0822. The summed E-state index contributed by atoms with van der Waals surface area (Å²) in [5.41, 5.74) is 0.948. The van der Waals surface area contributed by atoms with Crippen LogP contribution in [0.2, 0.25) is 5.02 Å². The summed E-state index contributed by atoms with van der Waals surface area (Å²) < 4.78 is 10.5. The second-order valence-electron chi connectivity index (χ2n) is 6.74. The zero-order valence-electron chi connectivity index (χ0n) is 15.3. The van der Waals surface area contributed by atoms with E-state index >= 15 is 0 Å². The molecule has 0 aliphatic rings. The van der Waals surface area contributed by atoms with Crippen LogP contribution >= 0.6 is 11.6 Å². The molecule has 0 fully saturated rings. The van der Waals surface area contributed by atoms with Gasteiger partial charge in [-0.2, -0.15) is 0 Å². The van der Waals surface area contributed by atoms with E-state index in [1.165, 1.54) is 7.11 Å². The highest BCUT2D eigenvalue weighted by atomic mass is 35.5. The minimum Gasteiger partial charge on any atom is -0.495 e. The van der Waals surface area contributed by atoms with Gasteiger partial charge in [0.25, 0.3) is 0 Å². The molecule has 0 unspecified atom stereocenters. The molecule has 6 heteroatoms. The largest absolute Gasteiger partial charge is 0.495 e. The Morgan fingerprint density at radius 1 is 1.12 bits per heavy atom. The number of methoxy groups -OCH3 is 1. The monoisotopic (exact) mass is 375 g/mol. The molecule has 5 nitrogen and oxygen atoms in total. The van der Waals surface area contributed by atoms with Crippen LogP contribution in [0.5, 0.6) is 5.75 Å². The second-order valence-corrected chi connectivity index (χ2v) is 7.14. The summed E-state index contributed by atoms with van der Waals surface area (Å²) in [5, 5.41) is 3.03. The van der Waals surface area contributed by atoms with Crippen molar-refractivity contribution in [2.45, 2.75) is 32.8 Å². The van der Waals surface area contributed by atoms with Crippen molar-refractivity contribution in [3.05, 3.63) is 58.6 Å². The molecule has 2 aromatic rings. The van der Waals surface area contributed by atoms with Gasteiger partial charge in [0.1, 0.15) is 11.4 Å². The van der Waals surface area contributed by atoms with E-state index < -0.39 is 11.7 Å². The van der Waals surface area contributed by atoms with Crippen LogP contribution in [0.4, 0.5) is 10.5 Å². The maximum Gasteiger partial charge on any atom is 0.412 e. The maximum absolute atomic E-state index is 12.5. The van der Waals surface area contributed by atoms with Crippen molar-refractivity contribution < 1.29 is 19.1 Å². The van der Waals surface area contributed by atoms with Crippen LogP contribution in [0.25, 0.3) is 0 Å². The Morgan fingerprint density at radius 2 is 1.77 bits per heavy atom. The first kappa shape index (κ1) is 19.8. The summed E-state index contributed by atoms with van der Waals surface area (Å²) in [6.07, 6.45) is -0.533. The fraction of sp³-hybridized carbons (Fsp3) is 0.300. The van der Waals surface area contributed by atoms with Gasteiger partial charge in [0.15, 0.2) is 5.78 Å². The SMILES string of the molecule is COc1cc(NC(=O)OC(C)(C)C)c(CC(=O)c2ccccc2)cc1Cl. The highest BCUT2D eigenvalue weighted by Gasteiger charge is 2.19. The zero-order chi connectivity index (χ0) is 19.3. The second kappa shape index (κ2) is 8.23. The van der Waals surface area contributed by atoms with Crippen molar-refractivity contribution in [3.8, 4) is 5.75 Å². The third-order valence-corrected chi connectivity index (χ3v) is 3.76. The number of carbonyl (C=O) groups is 2. The van der Waals surface area contributed by atoms with E-state index in [4.69, 9.17) is 21.1 Å². The molecule has 0 aromatic heterocycles. The van der Waals surface area contributed by atoms with Crippen molar-refractivity contribution in [2.75, 3.05) is 12.4 Å². The number of carbonyl (C=O) groups excluding carboxylic acids is 2. The number of hydrogen-bond acceptors (Lipinski definition) is 4. The molecular formula is C20H22ClNO4. The lowest BCUT2D eigenvalue weighted by Gasteiger charge is -2.21. The number of hydrogen-bond donors (Lipinski definition) is 1. The molecule has 0 atom stereocenters. The molecule has 0 heterocycles. The quantitative estimate of drug-likeness (QED) is 0.736. The Labute approximate surface area is 158 Å². The first-order valence-corrected chi connectivity index (χ1v) is 8.52. The summed E-state index contributed by atoms with van der Waals surface area (Å²) >= 11 is 6.19. The fourth-order valence-corrected chi connectivity index (χ4v) is 2.59. The molecule has 0 saturated carbocycles. The van der Waals surface area contributed by atoms with Gasteiger partial charge in [-0.25, -0.2) is 4.79 Å². The average Bonchev–Trinajstić information content (AvgIpc) is 2.56. The lowest BCUT2D eigenvalue weighted by Crippen LogP contribution is -2.27. The van der Waals surface area contributed by atoms with Crippen LogP contribution in [0.3, 0.4) is 0 Å². The predicted molar refractivity (Wildman–Crippen MR) is 102 cm³/mol. The van der Waals surface area contributed by atoms with E-state index in [2.05, 4.69) is 5.32 Å².